The maximum Gasteiger partial charge on any atom is 0.263 e. The van der Waals surface area contributed by atoms with Gasteiger partial charge in [0.2, 0.25) is 0 Å². The van der Waals surface area contributed by atoms with Gasteiger partial charge in [0.1, 0.15) is 5.75 Å². The van der Waals surface area contributed by atoms with Crippen LogP contribution in [-0.4, -0.2) is 43.1 Å². The molecule has 1 N–H and O–H groups in total. The molecule has 1 amide bonds. The van der Waals surface area contributed by atoms with Crippen LogP contribution < -0.4 is 10.1 Å². The summed E-state index contributed by atoms with van der Waals surface area (Å²) in [4.78, 5) is 14.2. The third kappa shape index (κ3) is 2.59. The zero-order valence-corrected chi connectivity index (χ0v) is 11.3. The molecule has 4 nitrogen and oxygen atoms in total. The monoisotopic (exact) mass is 260 g/mol. The number of likely N-dealkylation sites (N-methyl/N-ethyl adjacent to an activating group) is 1. The summed E-state index contributed by atoms with van der Waals surface area (Å²) >= 11 is 0. The van der Waals surface area contributed by atoms with Gasteiger partial charge in [0.25, 0.3) is 5.91 Å². The minimum atomic E-state index is -0.344. The highest BCUT2D eigenvalue weighted by molar-refractivity contribution is 5.82. The molecule has 2 heterocycles. The summed E-state index contributed by atoms with van der Waals surface area (Å²) in [6.07, 6.45) is 2.71. The summed E-state index contributed by atoms with van der Waals surface area (Å²) in [5, 5.41) is 3.42. The van der Waals surface area contributed by atoms with E-state index in [1.165, 1.54) is 6.42 Å². The van der Waals surface area contributed by atoms with E-state index in [2.05, 4.69) is 5.32 Å². The molecule has 102 valence electrons. The highest BCUT2D eigenvalue weighted by atomic mass is 16.5. The SMILES string of the molecule is CN(CC1CCCN1)C(=O)C1Cc2ccccc2O1. The van der Waals surface area contributed by atoms with E-state index >= 15 is 0 Å². The van der Waals surface area contributed by atoms with Crippen molar-refractivity contribution in [2.24, 2.45) is 0 Å². The van der Waals surface area contributed by atoms with Crippen LogP contribution in [0.25, 0.3) is 0 Å². The number of hydrogen-bond acceptors (Lipinski definition) is 3. The minimum Gasteiger partial charge on any atom is -0.480 e. The Morgan fingerprint density at radius 1 is 1.47 bits per heavy atom. The maximum atomic E-state index is 12.4. The van der Waals surface area contributed by atoms with E-state index in [1.807, 2.05) is 31.3 Å². The number of fused-ring (bicyclic) bond motifs is 1. The van der Waals surface area contributed by atoms with Gasteiger partial charge in [0.05, 0.1) is 0 Å². The molecule has 0 bridgehead atoms. The second kappa shape index (κ2) is 5.21. The van der Waals surface area contributed by atoms with Crippen molar-refractivity contribution in [3.05, 3.63) is 29.8 Å². The molecule has 1 fully saturated rings. The van der Waals surface area contributed by atoms with Crippen LogP contribution in [0.2, 0.25) is 0 Å². The highest BCUT2D eigenvalue weighted by Crippen LogP contribution is 2.28. The average molecular weight is 260 g/mol. The number of amides is 1. The summed E-state index contributed by atoms with van der Waals surface area (Å²) in [5.74, 6) is 0.943. The van der Waals surface area contributed by atoms with E-state index in [4.69, 9.17) is 4.74 Å². The molecule has 1 aromatic carbocycles. The molecule has 0 aromatic heterocycles. The normalized spacial score (nSPS) is 24.9. The molecule has 1 saturated heterocycles. The van der Waals surface area contributed by atoms with Crippen molar-refractivity contribution in [2.45, 2.75) is 31.4 Å². The van der Waals surface area contributed by atoms with Gasteiger partial charge in [-0.1, -0.05) is 18.2 Å². The Labute approximate surface area is 113 Å². The van der Waals surface area contributed by atoms with Crippen molar-refractivity contribution in [1.82, 2.24) is 10.2 Å². The van der Waals surface area contributed by atoms with Gasteiger partial charge in [-0.25, -0.2) is 0 Å². The van der Waals surface area contributed by atoms with Crippen LogP contribution in [-0.2, 0) is 11.2 Å². The van der Waals surface area contributed by atoms with E-state index in [1.54, 1.807) is 4.90 Å². The number of carbonyl (C=O) groups is 1. The van der Waals surface area contributed by atoms with Crippen molar-refractivity contribution in [2.75, 3.05) is 20.1 Å². The number of para-hydroxylation sites is 1. The Balaban J connectivity index is 1.59. The molecule has 19 heavy (non-hydrogen) atoms. The largest absolute Gasteiger partial charge is 0.480 e. The molecule has 0 radical (unpaired) electrons. The lowest BCUT2D eigenvalue weighted by Crippen LogP contribution is -2.44. The number of benzene rings is 1. The molecular formula is C15H20N2O2. The molecule has 1 aromatic rings. The summed E-state index contributed by atoms with van der Waals surface area (Å²) in [6.45, 7) is 1.84. The van der Waals surface area contributed by atoms with Gasteiger partial charge in [-0.05, 0) is 31.0 Å². The third-order valence-electron chi connectivity index (χ3n) is 3.96. The Kier molecular flexibility index (Phi) is 3.42. The fraction of sp³-hybridized carbons (Fsp3) is 0.533. The number of nitrogens with one attached hydrogen (secondary N) is 1. The lowest BCUT2D eigenvalue weighted by Gasteiger charge is -2.24. The first kappa shape index (κ1) is 12.5. The first-order valence-corrected chi connectivity index (χ1v) is 6.97. The number of nitrogens with zero attached hydrogens (tertiary/aromatic N) is 1. The lowest BCUT2D eigenvalue weighted by atomic mass is 10.1. The Hall–Kier alpha value is -1.55. The fourth-order valence-corrected chi connectivity index (χ4v) is 2.90. The number of carbonyl (C=O) groups excluding carboxylic acids is 1. The molecule has 2 aliphatic heterocycles. The van der Waals surface area contributed by atoms with Gasteiger partial charge in [-0.2, -0.15) is 0 Å². The van der Waals surface area contributed by atoms with Gasteiger partial charge in [0.15, 0.2) is 6.10 Å². The van der Waals surface area contributed by atoms with Crippen molar-refractivity contribution in [3.63, 3.8) is 0 Å². The van der Waals surface area contributed by atoms with E-state index in [0.717, 1.165) is 30.8 Å². The van der Waals surface area contributed by atoms with Crippen LogP contribution >= 0.6 is 0 Å². The van der Waals surface area contributed by atoms with Gasteiger partial charge in [-0.3, -0.25) is 4.79 Å². The number of rotatable bonds is 3. The van der Waals surface area contributed by atoms with E-state index in [-0.39, 0.29) is 12.0 Å². The number of hydrogen-bond donors (Lipinski definition) is 1. The zero-order chi connectivity index (χ0) is 13.2. The lowest BCUT2D eigenvalue weighted by molar-refractivity contribution is -0.136. The van der Waals surface area contributed by atoms with E-state index < -0.39 is 0 Å². The zero-order valence-electron chi connectivity index (χ0n) is 11.3. The quantitative estimate of drug-likeness (QED) is 0.888. The van der Waals surface area contributed by atoms with Crippen LogP contribution in [0.15, 0.2) is 24.3 Å². The van der Waals surface area contributed by atoms with Gasteiger partial charge < -0.3 is 15.0 Å². The molecule has 0 aliphatic carbocycles. The first-order chi connectivity index (χ1) is 9.24. The molecular weight excluding hydrogens is 240 g/mol. The van der Waals surface area contributed by atoms with Crippen molar-refractivity contribution in [1.29, 1.82) is 0 Å². The van der Waals surface area contributed by atoms with Crippen LogP contribution in [0.5, 0.6) is 5.75 Å². The summed E-state index contributed by atoms with van der Waals surface area (Å²) in [6, 6.07) is 8.33. The molecule has 2 atom stereocenters. The topological polar surface area (TPSA) is 41.6 Å². The fourth-order valence-electron chi connectivity index (χ4n) is 2.90. The minimum absolute atomic E-state index is 0.0879. The number of ether oxygens (including phenoxy) is 1. The summed E-state index contributed by atoms with van der Waals surface area (Å²) in [7, 11) is 1.87. The van der Waals surface area contributed by atoms with Crippen molar-refractivity contribution >= 4 is 5.91 Å². The van der Waals surface area contributed by atoms with E-state index in [0.29, 0.717) is 12.5 Å². The molecule has 2 unspecified atom stereocenters. The van der Waals surface area contributed by atoms with Crippen molar-refractivity contribution < 1.29 is 9.53 Å². The third-order valence-corrected chi connectivity index (χ3v) is 3.96. The Morgan fingerprint density at radius 2 is 2.32 bits per heavy atom. The average Bonchev–Trinajstić information content (AvgIpc) is 3.05. The predicted octanol–water partition coefficient (Wildman–Crippen LogP) is 1.20. The van der Waals surface area contributed by atoms with Crippen LogP contribution in [0, 0.1) is 0 Å². The maximum absolute atomic E-state index is 12.4. The van der Waals surface area contributed by atoms with Gasteiger partial charge >= 0.3 is 0 Å². The van der Waals surface area contributed by atoms with Crippen LogP contribution in [0.1, 0.15) is 18.4 Å². The molecule has 0 spiro atoms. The smallest absolute Gasteiger partial charge is 0.263 e. The summed E-state index contributed by atoms with van der Waals surface area (Å²) < 4.78 is 5.74. The second-order valence-corrected chi connectivity index (χ2v) is 5.43. The van der Waals surface area contributed by atoms with E-state index in [9.17, 15) is 4.79 Å². The Bertz CT molecular complexity index is 444. The Morgan fingerprint density at radius 3 is 3.05 bits per heavy atom. The van der Waals surface area contributed by atoms with Crippen molar-refractivity contribution in [3.8, 4) is 5.75 Å². The molecule has 3 rings (SSSR count). The summed E-state index contributed by atoms with van der Waals surface area (Å²) in [5.41, 5.74) is 1.13. The molecule has 4 heteroatoms. The highest BCUT2D eigenvalue weighted by Gasteiger charge is 2.31. The van der Waals surface area contributed by atoms with Crippen LogP contribution in [0.3, 0.4) is 0 Å². The van der Waals surface area contributed by atoms with Gasteiger partial charge in [0, 0.05) is 26.1 Å². The van der Waals surface area contributed by atoms with Crippen LogP contribution in [0.4, 0.5) is 0 Å². The second-order valence-electron chi connectivity index (χ2n) is 5.43. The predicted molar refractivity (Wildman–Crippen MR) is 73.2 cm³/mol. The standard InChI is InChI=1S/C15H20N2O2/c1-17(10-12-6-4-8-16-12)15(18)14-9-11-5-2-3-7-13(11)19-14/h2-3,5,7,12,14,16H,4,6,8-10H2,1H3. The first-order valence-electron chi connectivity index (χ1n) is 6.97. The molecule has 2 aliphatic rings. The van der Waals surface area contributed by atoms with Gasteiger partial charge in [-0.15, -0.1) is 0 Å². The molecule has 0 saturated carbocycles.